The van der Waals surface area contributed by atoms with Crippen molar-refractivity contribution in [2.45, 2.75) is 27.3 Å². The number of furan rings is 1. The number of hydrogen-bond acceptors (Lipinski definition) is 6. The third-order valence-electron chi connectivity index (χ3n) is 5.17. The van der Waals surface area contributed by atoms with E-state index in [1.54, 1.807) is 6.07 Å². The first-order valence-electron chi connectivity index (χ1n) is 9.31. The normalized spacial score (nSPS) is 11.2. The Balaban J connectivity index is 1.87. The average Bonchev–Trinajstić information content (AvgIpc) is 3.31. The van der Waals surface area contributed by atoms with Crippen molar-refractivity contribution >= 4 is 27.5 Å². The molecule has 0 bridgehead atoms. The van der Waals surface area contributed by atoms with Crippen LogP contribution in [-0.2, 0) is 11.3 Å². The van der Waals surface area contributed by atoms with Crippen LogP contribution in [0, 0.1) is 20.8 Å². The number of nitrogens with one attached hydrogen (secondary N) is 1. The van der Waals surface area contributed by atoms with Gasteiger partial charge in [0.15, 0.2) is 0 Å². The number of thiophene rings is 1. The number of benzene rings is 1. The number of methoxy groups -OCH3 is 1. The summed E-state index contributed by atoms with van der Waals surface area (Å²) in [6.07, 6.45) is 0. The van der Waals surface area contributed by atoms with Crippen LogP contribution in [0.15, 0.2) is 44.3 Å². The molecule has 4 aromatic rings. The Morgan fingerprint density at radius 1 is 1.13 bits per heavy atom. The Morgan fingerprint density at radius 3 is 2.60 bits per heavy atom. The van der Waals surface area contributed by atoms with Gasteiger partial charge in [-0.25, -0.2) is 9.59 Å². The molecule has 0 aliphatic heterocycles. The number of rotatable bonds is 4. The van der Waals surface area contributed by atoms with Gasteiger partial charge in [-0.05, 0) is 49.6 Å². The molecule has 0 aliphatic rings. The van der Waals surface area contributed by atoms with E-state index in [-0.39, 0.29) is 12.3 Å². The van der Waals surface area contributed by atoms with Crippen molar-refractivity contribution in [3.8, 4) is 11.1 Å². The standard InChI is InChI=1S/C22H20N2O5S/c1-11-5-6-14(9-12(11)2)17-13(3)30-19-18(17)20(25)24(22(27)23-19)10-15-7-8-16(29-15)21(26)28-4/h5-9H,10H2,1-4H3,(H,23,27). The maximum Gasteiger partial charge on any atom is 0.373 e. The van der Waals surface area contributed by atoms with Gasteiger partial charge in [0.1, 0.15) is 10.6 Å². The first-order chi connectivity index (χ1) is 14.3. The summed E-state index contributed by atoms with van der Waals surface area (Å²) in [5.41, 5.74) is 3.12. The number of fused-ring (bicyclic) bond motifs is 1. The Hall–Kier alpha value is -3.39. The van der Waals surface area contributed by atoms with Gasteiger partial charge < -0.3 is 9.15 Å². The van der Waals surface area contributed by atoms with Crippen LogP contribution in [0.5, 0.6) is 0 Å². The van der Waals surface area contributed by atoms with Crippen molar-refractivity contribution < 1.29 is 13.9 Å². The minimum Gasteiger partial charge on any atom is -0.463 e. The molecule has 0 spiro atoms. The lowest BCUT2D eigenvalue weighted by atomic mass is 9.99. The topological polar surface area (TPSA) is 94.3 Å². The highest BCUT2D eigenvalue weighted by Gasteiger charge is 2.20. The molecule has 0 fully saturated rings. The van der Waals surface area contributed by atoms with Gasteiger partial charge >= 0.3 is 11.7 Å². The summed E-state index contributed by atoms with van der Waals surface area (Å²) in [6.45, 7) is 5.90. The second kappa shape index (κ2) is 7.46. The molecule has 0 amide bonds. The summed E-state index contributed by atoms with van der Waals surface area (Å²) in [6, 6.07) is 9.06. The maximum absolute atomic E-state index is 13.3. The second-order valence-corrected chi connectivity index (χ2v) is 8.34. The second-order valence-electron chi connectivity index (χ2n) is 7.12. The highest BCUT2D eigenvalue weighted by Crippen LogP contribution is 2.35. The van der Waals surface area contributed by atoms with Crippen LogP contribution in [0.25, 0.3) is 21.3 Å². The fourth-order valence-corrected chi connectivity index (χ4v) is 4.50. The fourth-order valence-electron chi connectivity index (χ4n) is 3.45. The Kier molecular flexibility index (Phi) is 4.95. The zero-order chi connectivity index (χ0) is 21.6. The van der Waals surface area contributed by atoms with Gasteiger partial charge in [-0.3, -0.25) is 14.3 Å². The van der Waals surface area contributed by atoms with E-state index >= 15 is 0 Å². The molecule has 4 rings (SSSR count). The minimum atomic E-state index is -0.622. The van der Waals surface area contributed by atoms with E-state index in [1.165, 1.54) is 30.1 Å². The lowest BCUT2D eigenvalue weighted by Crippen LogP contribution is -2.35. The van der Waals surface area contributed by atoms with Gasteiger partial charge in [0.2, 0.25) is 5.76 Å². The van der Waals surface area contributed by atoms with Gasteiger partial charge in [0.05, 0.1) is 19.0 Å². The van der Waals surface area contributed by atoms with Crippen molar-refractivity contribution in [3.63, 3.8) is 0 Å². The van der Waals surface area contributed by atoms with Crippen LogP contribution in [0.1, 0.15) is 32.3 Å². The lowest BCUT2D eigenvalue weighted by Gasteiger charge is -2.07. The third-order valence-corrected chi connectivity index (χ3v) is 6.19. The molecular weight excluding hydrogens is 404 g/mol. The molecule has 3 heterocycles. The minimum absolute atomic E-state index is 0.0141. The number of carbonyl (C=O) groups excluding carboxylic acids is 1. The van der Waals surface area contributed by atoms with Crippen LogP contribution >= 0.6 is 11.3 Å². The largest absolute Gasteiger partial charge is 0.463 e. The molecule has 0 saturated heterocycles. The van der Waals surface area contributed by atoms with Crippen LogP contribution < -0.4 is 11.2 Å². The molecule has 0 aliphatic carbocycles. The van der Waals surface area contributed by atoms with E-state index in [2.05, 4.69) is 9.72 Å². The SMILES string of the molecule is COC(=O)c1ccc(Cn2c(=O)[nH]c3sc(C)c(-c4ccc(C)c(C)c4)c3c2=O)o1. The molecule has 0 saturated carbocycles. The zero-order valence-electron chi connectivity index (χ0n) is 17.0. The molecule has 3 aromatic heterocycles. The summed E-state index contributed by atoms with van der Waals surface area (Å²) in [4.78, 5) is 41.8. The summed E-state index contributed by atoms with van der Waals surface area (Å²) in [7, 11) is 1.25. The summed E-state index contributed by atoms with van der Waals surface area (Å²) < 4.78 is 11.1. The Labute approximate surface area is 175 Å². The number of aromatic nitrogens is 2. The van der Waals surface area contributed by atoms with Gasteiger partial charge in [-0.2, -0.15) is 0 Å². The van der Waals surface area contributed by atoms with Gasteiger partial charge in [-0.1, -0.05) is 18.2 Å². The quantitative estimate of drug-likeness (QED) is 0.503. The van der Waals surface area contributed by atoms with Gasteiger partial charge in [0, 0.05) is 10.4 Å². The van der Waals surface area contributed by atoms with Crippen LogP contribution in [0.2, 0.25) is 0 Å². The van der Waals surface area contributed by atoms with Crippen molar-refractivity contribution in [2.75, 3.05) is 7.11 Å². The predicted molar refractivity (Wildman–Crippen MR) is 116 cm³/mol. The summed E-state index contributed by atoms with van der Waals surface area (Å²) in [5.74, 6) is -0.300. The average molecular weight is 424 g/mol. The van der Waals surface area contributed by atoms with Crippen LogP contribution in [0.4, 0.5) is 0 Å². The molecule has 0 unspecified atom stereocenters. The molecule has 154 valence electrons. The highest BCUT2D eigenvalue weighted by molar-refractivity contribution is 7.19. The van der Waals surface area contributed by atoms with Crippen molar-refractivity contribution in [1.29, 1.82) is 0 Å². The molecule has 1 aromatic carbocycles. The predicted octanol–water partition coefficient (Wildman–Crippen LogP) is 3.77. The number of aryl methyl sites for hydroxylation is 3. The smallest absolute Gasteiger partial charge is 0.373 e. The summed E-state index contributed by atoms with van der Waals surface area (Å²) >= 11 is 1.38. The third kappa shape index (κ3) is 3.29. The highest BCUT2D eigenvalue weighted by atomic mass is 32.1. The molecule has 0 atom stereocenters. The Morgan fingerprint density at radius 2 is 1.90 bits per heavy atom. The number of carbonyl (C=O) groups is 1. The maximum atomic E-state index is 13.3. The van der Waals surface area contributed by atoms with Crippen LogP contribution in [0.3, 0.4) is 0 Å². The molecule has 7 nitrogen and oxygen atoms in total. The van der Waals surface area contributed by atoms with E-state index in [4.69, 9.17) is 4.42 Å². The summed E-state index contributed by atoms with van der Waals surface area (Å²) in [5, 5.41) is 0.472. The number of H-pyrrole nitrogens is 1. The lowest BCUT2D eigenvalue weighted by molar-refractivity contribution is 0.0563. The molecule has 30 heavy (non-hydrogen) atoms. The molecular formula is C22H20N2O5S. The van der Waals surface area contributed by atoms with Crippen molar-refractivity contribution in [2.24, 2.45) is 0 Å². The number of esters is 1. The number of ether oxygens (including phenoxy) is 1. The first-order valence-corrected chi connectivity index (χ1v) is 10.1. The van der Waals surface area contributed by atoms with Crippen molar-refractivity contribution in [1.82, 2.24) is 9.55 Å². The van der Waals surface area contributed by atoms with E-state index < -0.39 is 17.2 Å². The van der Waals surface area contributed by atoms with E-state index in [0.29, 0.717) is 16.0 Å². The number of hydrogen-bond donors (Lipinski definition) is 1. The van der Waals surface area contributed by atoms with Crippen molar-refractivity contribution in [3.05, 3.63) is 78.7 Å². The van der Waals surface area contributed by atoms with E-state index in [0.717, 1.165) is 26.1 Å². The zero-order valence-corrected chi connectivity index (χ0v) is 17.8. The fraction of sp³-hybridized carbons (Fsp3) is 0.227. The number of nitrogens with zero attached hydrogens (tertiary/aromatic N) is 1. The Bertz CT molecular complexity index is 1400. The van der Waals surface area contributed by atoms with Gasteiger partial charge in [-0.15, -0.1) is 11.3 Å². The first kappa shape index (κ1) is 19.9. The molecule has 8 heteroatoms. The molecule has 0 radical (unpaired) electrons. The van der Waals surface area contributed by atoms with Gasteiger partial charge in [0.25, 0.3) is 5.56 Å². The van der Waals surface area contributed by atoms with E-state index in [1.807, 2.05) is 39.0 Å². The number of aromatic amines is 1. The monoisotopic (exact) mass is 424 g/mol. The molecule has 1 N–H and O–H groups in total. The van der Waals surface area contributed by atoms with E-state index in [9.17, 15) is 14.4 Å². The van der Waals surface area contributed by atoms with Crippen LogP contribution in [-0.4, -0.2) is 22.6 Å².